The van der Waals surface area contributed by atoms with Crippen molar-refractivity contribution in [3.05, 3.63) is 61.0 Å². The van der Waals surface area contributed by atoms with E-state index in [0.29, 0.717) is 13.0 Å². The van der Waals surface area contributed by atoms with Crippen LogP contribution in [0.25, 0.3) is 0 Å². The van der Waals surface area contributed by atoms with Crippen molar-refractivity contribution in [2.45, 2.75) is 6.42 Å². The standard InChI is InChI=1S/C13H10ClFN2O3S/c14-12-10(17(19)20)7-11(21-12)13(18)16-5-4-8-2-1-3-9(15)6-8/h1-3,6-7H,4-5H2,(H,16,18). The molecule has 110 valence electrons. The van der Waals surface area contributed by atoms with E-state index in [9.17, 15) is 19.3 Å². The molecule has 1 amide bonds. The Hall–Kier alpha value is -1.99. The summed E-state index contributed by atoms with van der Waals surface area (Å²) in [6.45, 7) is 0.297. The third-order valence-corrected chi connectivity index (χ3v) is 4.01. The van der Waals surface area contributed by atoms with E-state index in [1.54, 1.807) is 12.1 Å². The number of amides is 1. The first kappa shape index (κ1) is 15.4. The molecule has 0 radical (unpaired) electrons. The van der Waals surface area contributed by atoms with Crippen LogP contribution in [0.15, 0.2) is 30.3 Å². The SMILES string of the molecule is O=C(NCCc1cccc(F)c1)c1cc([N+](=O)[O-])c(Cl)s1. The summed E-state index contributed by atoms with van der Waals surface area (Å²) >= 11 is 6.54. The van der Waals surface area contributed by atoms with Gasteiger partial charge in [-0.05, 0) is 24.1 Å². The predicted octanol–water partition coefficient (Wildman–Crippen LogP) is 3.42. The fraction of sp³-hybridized carbons (Fsp3) is 0.154. The van der Waals surface area contributed by atoms with Gasteiger partial charge in [0, 0.05) is 12.6 Å². The van der Waals surface area contributed by atoms with Crippen LogP contribution in [0.1, 0.15) is 15.2 Å². The largest absolute Gasteiger partial charge is 0.351 e. The number of nitro groups is 1. The lowest BCUT2D eigenvalue weighted by Crippen LogP contribution is -2.24. The van der Waals surface area contributed by atoms with E-state index in [4.69, 9.17) is 11.6 Å². The summed E-state index contributed by atoms with van der Waals surface area (Å²) in [5.74, 6) is -0.772. The smallest absolute Gasteiger partial charge is 0.299 e. The van der Waals surface area contributed by atoms with Gasteiger partial charge in [-0.1, -0.05) is 23.7 Å². The number of nitrogens with zero attached hydrogens (tertiary/aromatic N) is 1. The maximum Gasteiger partial charge on any atom is 0.299 e. The van der Waals surface area contributed by atoms with Gasteiger partial charge in [-0.15, -0.1) is 11.3 Å². The molecule has 0 unspecified atom stereocenters. The number of carbonyl (C=O) groups excluding carboxylic acids is 1. The number of rotatable bonds is 5. The predicted molar refractivity (Wildman–Crippen MR) is 78.4 cm³/mol. The van der Waals surface area contributed by atoms with Crippen LogP contribution in [-0.2, 0) is 6.42 Å². The molecule has 1 aromatic heterocycles. The average Bonchev–Trinajstić information content (AvgIpc) is 2.81. The normalized spacial score (nSPS) is 10.4. The van der Waals surface area contributed by atoms with Gasteiger partial charge in [0.05, 0.1) is 4.92 Å². The van der Waals surface area contributed by atoms with Crippen molar-refractivity contribution >= 4 is 34.5 Å². The Labute approximate surface area is 128 Å². The number of thiophene rings is 1. The van der Waals surface area contributed by atoms with Gasteiger partial charge in [0.15, 0.2) is 4.34 Å². The molecule has 0 aliphatic carbocycles. The Morgan fingerprint density at radius 2 is 2.19 bits per heavy atom. The molecule has 0 saturated carbocycles. The lowest BCUT2D eigenvalue weighted by molar-refractivity contribution is -0.384. The third-order valence-electron chi connectivity index (χ3n) is 2.68. The van der Waals surface area contributed by atoms with E-state index >= 15 is 0 Å². The Balaban J connectivity index is 1.93. The number of benzene rings is 1. The number of nitrogens with one attached hydrogen (secondary N) is 1. The summed E-state index contributed by atoms with van der Waals surface area (Å²) in [6.07, 6.45) is 0.463. The van der Waals surface area contributed by atoms with Gasteiger partial charge in [-0.3, -0.25) is 14.9 Å². The molecule has 8 heteroatoms. The minimum Gasteiger partial charge on any atom is -0.351 e. The van der Waals surface area contributed by atoms with Crippen LogP contribution in [-0.4, -0.2) is 17.4 Å². The van der Waals surface area contributed by atoms with Crippen molar-refractivity contribution in [1.82, 2.24) is 5.32 Å². The fourth-order valence-electron chi connectivity index (χ4n) is 1.70. The highest BCUT2D eigenvalue weighted by Gasteiger charge is 2.20. The van der Waals surface area contributed by atoms with E-state index in [2.05, 4.69) is 5.32 Å². The van der Waals surface area contributed by atoms with Gasteiger partial charge in [-0.25, -0.2) is 4.39 Å². The monoisotopic (exact) mass is 328 g/mol. The molecular weight excluding hydrogens is 319 g/mol. The quantitative estimate of drug-likeness (QED) is 0.675. The minimum absolute atomic E-state index is 0.0321. The molecule has 1 heterocycles. The summed E-state index contributed by atoms with van der Waals surface area (Å²) in [7, 11) is 0. The molecule has 0 aliphatic rings. The van der Waals surface area contributed by atoms with Crippen LogP contribution >= 0.6 is 22.9 Å². The Bertz CT molecular complexity index is 690. The van der Waals surface area contributed by atoms with Gasteiger partial charge in [-0.2, -0.15) is 0 Å². The van der Waals surface area contributed by atoms with Crippen LogP contribution in [0, 0.1) is 15.9 Å². The zero-order valence-corrected chi connectivity index (χ0v) is 12.2. The zero-order valence-electron chi connectivity index (χ0n) is 10.6. The lowest BCUT2D eigenvalue weighted by atomic mass is 10.1. The second-order valence-electron chi connectivity index (χ2n) is 4.16. The second-order valence-corrected chi connectivity index (χ2v) is 5.82. The van der Waals surface area contributed by atoms with Gasteiger partial charge in [0.25, 0.3) is 11.6 Å². The fourth-order valence-corrected chi connectivity index (χ4v) is 2.83. The highest BCUT2D eigenvalue weighted by Crippen LogP contribution is 2.33. The molecule has 0 fully saturated rings. The van der Waals surface area contributed by atoms with E-state index < -0.39 is 10.8 Å². The van der Waals surface area contributed by atoms with Gasteiger partial charge >= 0.3 is 0 Å². The second kappa shape index (κ2) is 6.64. The molecule has 0 atom stereocenters. The van der Waals surface area contributed by atoms with Crippen molar-refractivity contribution in [2.24, 2.45) is 0 Å². The molecule has 2 aromatic rings. The van der Waals surface area contributed by atoms with Gasteiger partial charge in [0.2, 0.25) is 0 Å². The van der Waals surface area contributed by atoms with E-state index in [-0.39, 0.29) is 20.7 Å². The summed E-state index contributed by atoms with van der Waals surface area (Å²) < 4.78 is 12.9. The molecule has 1 aromatic carbocycles. The molecular formula is C13H10ClFN2O3S. The molecule has 1 N–H and O–H groups in total. The topological polar surface area (TPSA) is 72.2 Å². The maximum absolute atomic E-state index is 13.0. The highest BCUT2D eigenvalue weighted by molar-refractivity contribution is 7.18. The minimum atomic E-state index is -0.637. The first-order chi connectivity index (χ1) is 9.97. The van der Waals surface area contributed by atoms with Crippen molar-refractivity contribution in [1.29, 1.82) is 0 Å². The van der Waals surface area contributed by atoms with Crippen LogP contribution in [0.5, 0.6) is 0 Å². The summed E-state index contributed by atoms with van der Waals surface area (Å²) in [5.41, 5.74) is 0.474. The van der Waals surface area contributed by atoms with Gasteiger partial charge < -0.3 is 5.32 Å². The molecule has 0 bridgehead atoms. The Kier molecular flexibility index (Phi) is 4.87. The molecule has 0 saturated heterocycles. The number of halogens is 2. The van der Waals surface area contributed by atoms with Crippen LogP contribution in [0.2, 0.25) is 4.34 Å². The Morgan fingerprint density at radius 1 is 1.43 bits per heavy atom. The van der Waals surface area contributed by atoms with E-state index in [1.807, 2.05) is 0 Å². The number of hydrogen-bond acceptors (Lipinski definition) is 4. The molecule has 0 aliphatic heterocycles. The van der Waals surface area contributed by atoms with Gasteiger partial charge in [0.1, 0.15) is 10.7 Å². The van der Waals surface area contributed by atoms with E-state index in [0.717, 1.165) is 23.0 Å². The molecule has 5 nitrogen and oxygen atoms in total. The molecule has 0 spiro atoms. The first-order valence-electron chi connectivity index (χ1n) is 5.93. The first-order valence-corrected chi connectivity index (χ1v) is 7.13. The average molecular weight is 329 g/mol. The zero-order chi connectivity index (χ0) is 15.4. The Morgan fingerprint density at radius 3 is 2.81 bits per heavy atom. The summed E-state index contributed by atoms with van der Waals surface area (Å²) in [4.78, 5) is 22.0. The van der Waals surface area contributed by atoms with Crippen molar-refractivity contribution in [3.63, 3.8) is 0 Å². The van der Waals surface area contributed by atoms with Crippen molar-refractivity contribution in [2.75, 3.05) is 6.54 Å². The van der Waals surface area contributed by atoms with Crippen LogP contribution in [0.4, 0.5) is 10.1 Å². The highest BCUT2D eigenvalue weighted by atomic mass is 35.5. The summed E-state index contributed by atoms with van der Waals surface area (Å²) in [5, 5.41) is 13.3. The van der Waals surface area contributed by atoms with Crippen LogP contribution < -0.4 is 5.32 Å². The van der Waals surface area contributed by atoms with Crippen molar-refractivity contribution in [3.8, 4) is 0 Å². The van der Waals surface area contributed by atoms with E-state index in [1.165, 1.54) is 12.1 Å². The number of hydrogen-bond donors (Lipinski definition) is 1. The molecule has 21 heavy (non-hydrogen) atoms. The number of carbonyl (C=O) groups is 1. The van der Waals surface area contributed by atoms with Crippen LogP contribution in [0.3, 0.4) is 0 Å². The summed E-state index contributed by atoms with van der Waals surface area (Å²) in [6, 6.07) is 7.22. The van der Waals surface area contributed by atoms with Crippen molar-refractivity contribution < 1.29 is 14.1 Å². The third kappa shape index (κ3) is 3.99. The molecule has 2 rings (SSSR count). The maximum atomic E-state index is 13.0. The lowest BCUT2D eigenvalue weighted by Gasteiger charge is -2.03.